The highest BCUT2D eigenvalue weighted by molar-refractivity contribution is 7.26. The molecule has 0 saturated heterocycles. The van der Waals surface area contributed by atoms with Crippen molar-refractivity contribution in [1.29, 1.82) is 0 Å². The van der Waals surface area contributed by atoms with E-state index in [1.54, 1.807) is 11.3 Å². The lowest BCUT2D eigenvalue weighted by Gasteiger charge is -2.12. The van der Waals surface area contributed by atoms with Gasteiger partial charge in [0, 0.05) is 58.5 Å². The largest absolute Gasteiger partial charge is 0.309 e. The Bertz CT molecular complexity index is 3410. The minimum Gasteiger partial charge on any atom is -0.309 e. The third-order valence-electron chi connectivity index (χ3n) is 9.68. The van der Waals surface area contributed by atoms with Crippen molar-refractivity contribution < 1.29 is 6.85 Å². The average Bonchev–Trinajstić information content (AvgIpc) is 3.90. The molecule has 0 unspecified atom stereocenters. The van der Waals surface area contributed by atoms with Crippen molar-refractivity contribution in [3.8, 4) is 34.4 Å². The van der Waals surface area contributed by atoms with Gasteiger partial charge >= 0.3 is 0 Å². The highest BCUT2D eigenvalue weighted by Crippen LogP contribution is 2.43. The second kappa shape index (κ2) is 10.9. The first-order valence-corrected chi connectivity index (χ1v) is 17.5. The van der Waals surface area contributed by atoms with Gasteiger partial charge in [-0.15, -0.1) is 11.3 Å². The number of nitrogens with zero attached hydrogens (tertiary/aromatic N) is 5. The summed E-state index contributed by atoms with van der Waals surface area (Å²) in [4.78, 5) is 15.3. The van der Waals surface area contributed by atoms with Crippen LogP contribution in [0.3, 0.4) is 0 Å². The summed E-state index contributed by atoms with van der Waals surface area (Å²) in [5.74, 6) is 0.592. The van der Waals surface area contributed by atoms with Crippen LogP contribution >= 0.6 is 11.3 Å². The number of para-hydroxylation sites is 3. The first-order valence-electron chi connectivity index (χ1n) is 19.1. The van der Waals surface area contributed by atoms with Gasteiger partial charge in [-0.3, -0.25) is 4.57 Å². The summed E-state index contributed by atoms with van der Waals surface area (Å²) in [5.41, 5.74) is 5.50. The number of fused-ring (bicyclic) bond motifs is 10. The van der Waals surface area contributed by atoms with Crippen LogP contribution < -0.4 is 0 Å². The minimum absolute atomic E-state index is 0.00932. The second-order valence-corrected chi connectivity index (χ2v) is 13.5. The number of benzene rings is 7. The fraction of sp³-hybridized carbons (Fsp3) is 0. The van der Waals surface area contributed by atoms with E-state index in [1.165, 1.54) is 0 Å². The standard InChI is InChI=1S/C45H27N5S/c1-3-14-28(15-4-1)43-46-44(35-22-13-21-33-31-19-9-12-25-39(31)51-42(33)35)48-45(47-43)50-36-23-10-7-18-30(36)32-26-27-38-40(41(32)50)34-20-8-11-24-37(34)49(38)29-16-5-2-6-17-29/h1-27H/i1D,3D,4D,14D,15D. The summed E-state index contributed by atoms with van der Waals surface area (Å²) in [5, 5.41) is 6.24. The summed E-state index contributed by atoms with van der Waals surface area (Å²) in [6, 6.07) is 43.2. The summed E-state index contributed by atoms with van der Waals surface area (Å²) < 4.78 is 49.7. The van der Waals surface area contributed by atoms with Gasteiger partial charge in [-0.2, -0.15) is 9.97 Å². The Morgan fingerprint density at radius 2 is 1.18 bits per heavy atom. The quantitative estimate of drug-likeness (QED) is 0.187. The normalized spacial score (nSPS) is 13.3. The van der Waals surface area contributed by atoms with Gasteiger partial charge in [-0.25, -0.2) is 4.98 Å². The SMILES string of the molecule is [2H]c1c([2H])c([2H])c(-c2nc(-c3cccc4c3sc3ccccc34)nc(-n3c4ccccc4c4ccc5c(c6ccccc6n5-c5ccccc5)c43)n2)c([2H])c1[2H]. The fourth-order valence-electron chi connectivity index (χ4n) is 7.55. The zero-order valence-electron chi connectivity index (χ0n) is 31.8. The fourth-order valence-corrected chi connectivity index (χ4v) is 8.77. The van der Waals surface area contributed by atoms with Crippen LogP contribution in [-0.2, 0) is 0 Å². The van der Waals surface area contributed by atoms with Gasteiger partial charge in [0.25, 0.3) is 0 Å². The van der Waals surface area contributed by atoms with Gasteiger partial charge in [0.05, 0.1) is 28.9 Å². The van der Waals surface area contributed by atoms with E-state index in [0.717, 1.165) is 75.0 Å². The van der Waals surface area contributed by atoms with E-state index in [1.807, 2.05) is 77.4 Å². The number of thiophene rings is 1. The van der Waals surface area contributed by atoms with E-state index in [2.05, 4.69) is 65.2 Å². The zero-order chi connectivity index (χ0) is 37.8. The maximum Gasteiger partial charge on any atom is 0.238 e. The molecule has 0 N–H and O–H groups in total. The maximum atomic E-state index is 8.96. The van der Waals surface area contributed by atoms with Crippen LogP contribution in [0, 0.1) is 0 Å². The van der Waals surface area contributed by atoms with Crippen molar-refractivity contribution in [3.05, 3.63) is 164 Å². The molecular weight excluding hydrogens is 643 g/mol. The van der Waals surface area contributed by atoms with Gasteiger partial charge in [-0.05, 0) is 42.5 Å². The molecule has 6 heteroatoms. The lowest BCUT2D eigenvalue weighted by atomic mass is 10.1. The second-order valence-electron chi connectivity index (χ2n) is 12.5. The Hall–Kier alpha value is -6.63. The Labute approximate surface area is 303 Å². The molecule has 11 aromatic rings. The average molecular weight is 675 g/mol. The molecule has 51 heavy (non-hydrogen) atoms. The molecule has 0 fully saturated rings. The van der Waals surface area contributed by atoms with Crippen molar-refractivity contribution in [2.24, 2.45) is 0 Å². The highest BCUT2D eigenvalue weighted by Gasteiger charge is 2.23. The molecule has 0 saturated carbocycles. The summed E-state index contributed by atoms with van der Waals surface area (Å²) in [7, 11) is 0. The van der Waals surface area contributed by atoms with E-state index in [-0.39, 0.29) is 29.4 Å². The molecule has 0 atom stereocenters. The van der Waals surface area contributed by atoms with Crippen LogP contribution in [0.25, 0.3) is 98.2 Å². The molecule has 238 valence electrons. The molecule has 11 rings (SSSR count). The zero-order valence-corrected chi connectivity index (χ0v) is 27.7. The van der Waals surface area contributed by atoms with Gasteiger partial charge in [0.1, 0.15) is 0 Å². The molecule has 0 aliphatic heterocycles. The van der Waals surface area contributed by atoms with E-state index in [4.69, 9.17) is 21.8 Å². The van der Waals surface area contributed by atoms with Gasteiger partial charge in [0.2, 0.25) is 5.95 Å². The maximum absolute atomic E-state index is 8.96. The third-order valence-corrected chi connectivity index (χ3v) is 10.9. The Morgan fingerprint density at radius 3 is 2.02 bits per heavy atom. The monoisotopic (exact) mass is 674 g/mol. The van der Waals surface area contributed by atoms with Crippen molar-refractivity contribution >= 4 is 75.1 Å². The molecule has 0 aliphatic carbocycles. The van der Waals surface area contributed by atoms with Gasteiger partial charge in [0.15, 0.2) is 11.6 Å². The van der Waals surface area contributed by atoms with Gasteiger partial charge < -0.3 is 4.57 Å². The topological polar surface area (TPSA) is 48.5 Å². The molecule has 0 spiro atoms. The summed E-state index contributed by atoms with van der Waals surface area (Å²) >= 11 is 1.64. The Kier molecular flexibility index (Phi) is 5.08. The molecule has 5 nitrogen and oxygen atoms in total. The number of rotatable bonds is 4. The molecule has 4 aromatic heterocycles. The molecule has 7 aromatic carbocycles. The van der Waals surface area contributed by atoms with Crippen molar-refractivity contribution in [2.75, 3.05) is 0 Å². The molecule has 0 aliphatic rings. The number of hydrogen-bond donors (Lipinski definition) is 0. The van der Waals surface area contributed by atoms with Crippen LogP contribution in [0.1, 0.15) is 6.85 Å². The Balaban J connectivity index is 1.31. The van der Waals surface area contributed by atoms with Crippen molar-refractivity contribution in [1.82, 2.24) is 24.1 Å². The van der Waals surface area contributed by atoms with Crippen LogP contribution in [0.5, 0.6) is 0 Å². The van der Waals surface area contributed by atoms with Crippen LogP contribution in [0.2, 0.25) is 0 Å². The highest BCUT2D eigenvalue weighted by atomic mass is 32.1. The predicted octanol–water partition coefficient (Wildman–Crippen LogP) is 11.8. The molecule has 4 heterocycles. The van der Waals surface area contributed by atoms with Gasteiger partial charge in [-0.1, -0.05) is 121 Å². The van der Waals surface area contributed by atoms with Crippen LogP contribution in [0.15, 0.2) is 164 Å². The van der Waals surface area contributed by atoms with E-state index < -0.39 is 18.1 Å². The predicted molar refractivity (Wildman–Crippen MR) is 212 cm³/mol. The van der Waals surface area contributed by atoms with Crippen molar-refractivity contribution in [2.45, 2.75) is 0 Å². The number of hydrogen-bond acceptors (Lipinski definition) is 4. The van der Waals surface area contributed by atoms with Crippen LogP contribution in [0.4, 0.5) is 0 Å². The Morgan fingerprint density at radius 1 is 0.490 bits per heavy atom. The minimum atomic E-state index is -0.479. The van der Waals surface area contributed by atoms with E-state index >= 15 is 0 Å². The van der Waals surface area contributed by atoms with Crippen LogP contribution in [-0.4, -0.2) is 24.1 Å². The van der Waals surface area contributed by atoms with E-state index in [0.29, 0.717) is 5.82 Å². The molecular formula is C45H27N5S. The first-order chi connectivity index (χ1) is 27.4. The number of aromatic nitrogens is 5. The lowest BCUT2D eigenvalue weighted by molar-refractivity contribution is 0.956. The smallest absolute Gasteiger partial charge is 0.238 e. The first kappa shape index (κ1) is 23.7. The molecule has 0 bridgehead atoms. The molecule has 0 radical (unpaired) electrons. The van der Waals surface area contributed by atoms with Crippen molar-refractivity contribution in [3.63, 3.8) is 0 Å². The summed E-state index contributed by atoms with van der Waals surface area (Å²) in [6.07, 6.45) is 0. The third kappa shape index (κ3) is 4.17. The molecule has 0 amide bonds. The van der Waals surface area contributed by atoms with E-state index in [9.17, 15) is 0 Å². The summed E-state index contributed by atoms with van der Waals surface area (Å²) in [6.45, 7) is 0. The lowest BCUT2D eigenvalue weighted by Crippen LogP contribution is -2.06.